The van der Waals surface area contributed by atoms with Crippen LogP contribution in [0.3, 0.4) is 0 Å². The van der Waals surface area contributed by atoms with Crippen LogP contribution >= 0.6 is 22.9 Å². The van der Waals surface area contributed by atoms with Crippen molar-refractivity contribution in [2.24, 2.45) is 4.99 Å². The summed E-state index contributed by atoms with van der Waals surface area (Å²) in [6.45, 7) is 3.73. The van der Waals surface area contributed by atoms with Gasteiger partial charge in [-0.1, -0.05) is 48.0 Å². The number of halogens is 2. The number of allylic oxidation sites excluding steroid dienone is 1. The van der Waals surface area contributed by atoms with Gasteiger partial charge in [-0.25, -0.2) is 9.37 Å². The number of hydrogen-bond donors (Lipinski definition) is 2. The Morgan fingerprint density at radius 1 is 1.26 bits per heavy atom. The summed E-state index contributed by atoms with van der Waals surface area (Å²) in [5.74, 6) is -0.171. The highest BCUT2D eigenvalue weighted by Crippen LogP contribution is 2.36. The minimum atomic E-state index is -0.698. The van der Waals surface area contributed by atoms with Crippen molar-refractivity contribution >= 4 is 34.7 Å². The molecule has 8 heteroatoms. The predicted octanol–water partition coefficient (Wildman–Crippen LogP) is 5.18. The van der Waals surface area contributed by atoms with Crippen LogP contribution < -0.4 is 10.6 Å². The molecule has 2 N–H and O–H groups in total. The lowest BCUT2D eigenvalue weighted by atomic mass is 9.94. The van der Waals surface area contributed by atoms with Gasteiger partial charge in [0.2, 0.25) is 0 Å². The molecule has 3 aromatic rings. The molecule has 2 aromatic carbocycles. The molecule has 0 saturated heterocycles. The quantitative estimate of drug-likeness (QED) is 0.558. The zero-order chi connectivity index (χ0) is 22.0. The van der Waals surface area contributed by atoms with Gasteiger partial charge in [0, 0.05) is 27.9 Å². The Morgan fingerprint density at radius 3 is 2.71 bits per heavy atom. The van der Waals surface area contributed by atoms with Crippen LogP contribution in [0.2, 0.25) is 5.02 Å². The second-order valence-corrected chi connectivity index (χ2v) is 8.45. The molecule has 158 valence electrons. The molecule has 1 aromatic heterocycles. The molecule has 0 saturated carbocycles. The van der Waals surface area contributed by atoms with E-state index < -0.39 is 11.9 Å². The zero-order valence-electron chi connectivity index (χ0n) is 16.9. The number of carbonyl (C=O) groups excluding carboxylic acids is 1. The van der Waals surface area contributed by atoms with E-state index in [0.717, 1.165) is 5.56 Å². The van der Waals surface area contributed by atoms with E-state index in [1.807, 2.05) is 49.6 Å². The fraction of sp³-hybridized carbons (Fsp3) is 0.174. The summed E-state index contributed by atoms with van der Waals surface area (Å²) in [6, 6.07) is 12.9. The Morgan fingerprint density at radius 2 is 2.03 bits per heavy atom. The Balaban J connectivity index is 1.72. The first-order chi connectivity index (χ1) is 14.9. The van der Waals surface area contributed by atoms with Crippen molar-refractivity contribution in [2.45, 2.75) is 25.9 Å². The highest BCUT2D eigenvalue weighted by atomic mass is 35.5. The highest BCUT2D eigenvalue weighted by molar-refractivity contribution is 7.11. The van der Waals surface area contributed by atoms with Gasteiger partial charge in [-0.15, -0.1) is 11.3 Å². The number of hydrogen-bond acceptors (Lipinski definition) is 5. The Labute approximate surface area is 188 Å². The zero-order valence-corrected chi connectivity index (χ0v) is 18.5. The molecule has 5 nitrogen and oxygen atoms in total. The molecule has 2 atom stereocenters. The van der Waals surface area contributed by atoms with E-state index in [-0.39, 0.29) is 17.0 Å². The largest absolute Gasteiger partial charge is 0.346 e. The lowest BCUT2D eigenvalue weighted by Crippen LogP contribution is -2.37. The lowest BCUT2D eigenvalue weighted by molar-refractivity contribution is -0.118. The van der Waals surface area contributed by atoms with Crippen molar-refractivity contribution in [3.8, 4) is 0 Å². The summed E-state index contributed by atoms with van der Waals surface area (Å²) in [7, 11) is 0. The molecule has 0 spiro atoms. The van der Waals surface area contributed by atoms with Crippen LogP contribution in [-0.4, -0.2) is 16.7 Å². The van der Waals surface area contributed by atoms with Crippen LogP contribution in [-0.2, 0) is 4.79 Å². The van der Waals surface area contributed by atoms with Crippen molar-refractivity contribution in [1.29, 1.82) is 0 Å². The second-order valence-electron chi connectivity index (χ2n) is 7.15. The van der Waals surface area contributed by atoms with Crippen LogP contribution in [0.25, 0.3) is 0 Å². The van der Waals surface area contributed by atoms with E-state index in [1.165, 1.54) is 23.5 Å². The predicted molar refractivity (Wildman–Crippen MR) is 122 cm³/mol. The summed E-state index contributed by atoms with van der Waals surface area (Å²) >= 11 is 7.79. The van der Waals surface area contributed by atoms with Gasteiger partial charge in [0.1, 0.15) is 11.9 Å². The van der Waals surface area contributed by atoms with E-state index in [2.05, 4.69) is 15.6 Å². The summed E-state index contributed by atoms with van der Waals surface area (Å²) in [5.41, 5.74) is 2.61. The maximum absolute atomic E-state index is 13.7. The van der Waals surface area contributed by atoms with Crippen LogP contribution in [0, 0.1) is 5.82 Å². The van der Waals surface area contributed by atoms with E-state index in [4.69, 9.17) is 16.6 Å². The first-order valence-electron chi connectivity index (χ1n) is 9.70. The smallest absolute Gasteiger partial charge is 0.251 e. The molecule has 4 rings (SSSR count). The number of aromatic nitrogens is 1. The van der Waals surface area contributed by atoms with Gasteiger partial charge in [0.25, 0.3) is 5.91 Å². The standard InChI is InChI=1S/C23H20ClFN4OS/c1-13(15-6-4-3-5-7-15)28-22(30)19-14(2)27-21(23-26-10-11-31-23)29-20(19)17-9-8-16(25)12-18(17)24/h3-13,20H,1-2H3,(H,27,29)(H,28,30)/t13?,20-/m0/s1. The molecular formula is C23H20ClFN4OS. The average molecular weight is 455 g/mol. The maximum Gasteiger partial charge on any atom is 0.251 e. The van der Waals surface area contributed by atoms with Gasteiger partial charge in [-0.2, -0.15) is 0 Å². The van der Waals surface area contributed by atoms with E-state index >= 15 is 0 Å². The number of aliphatic imine (C=N–C) groups is 1. The number of amidine groups is 1. The number of nitrogens with one attached hydrogen (secondary N) is 2. The van der Waals surface area contributed by atoms with E-state index in [1.54, 1.807) is 12.3 Å². The lowest BCUT2D eigenvalue weighted by Gasteiger charge is -2.27. The molecule has 1 aliphatic rings. The normalized spacial score (nSPS) is 17.0. The second kappa shape index (κ2) is 8.99. The van der Waals surface area contributed by atoms with Gasteiger partial charge in [0.05, 0.1) is 11.6 Å². The minimum absolute atomic E-state index is 0.206. The molecule has 1 unspecified atom stereocenters. The number of amides is 1. The van der Waals surface area contributed by atoms with Crippen molar-refractivity contribution < 1.29 is 9.18 Å². The van der Waals surface area contributed by atoms with Gasteiger partial charge >= 0.3 is 0 Å². The first kappa shape index (κ1) is 21.2. The average Bonchev–Trinajstić information content (AvgIpc) is 3.28. The van der Waals surface area contributed by atoms with Gasteiger partial charge in [-0.3, -0.25) is 9.79 Å². The summed E-state index contributed by atoms with van der Waals surface area (Å²) in [5, 5.41) is 8.99. The third kappa shape index (κ3) is 4.52. The summed E-state index contributed by atoms with van der Waals surface area (Å²) in [4.78, 5) is 22.4. The first-order valence-corrected chi connectivity index (χ1v) is 11.0. The van der Waals surface area contributed by atoms with Crippen molar-refractivity contribution in [1.82, 2.24) is 15.6 Å². The molecule has 1 aliphatic heterocycles. The van der Waals surface area contributed by atoms with Crippen LogP contribution in [0.15, 0.2) is 76.4 Å². The van der Waals surface area contributed by atoms with Crippen molar-refractivity contribution in [2.75, 3.05) is 0 Å². The van der Waals surface area contributed by atoms with Crippen molar-refractivity contribution in [3.05, 3.63) is 98.4 Å². The van der Waals surface area contributed by atoms with Gasteiger partial charge in [-0.05, 0) is 31.5 Å². The molecule has 2 heterocycles. The van der Waals surface area contributed by atoms with Crippen LogP contribution in [0.1, 0.15) is 42.1 Å². The number of nitrogens with zero attached hydrogens (tertiary/aromatic N) is 2. The third-order valence-electron chi connectivity index (χ3n) is 5.03. The molecule has 0 bridgehead atoms. The van der Waals surface area contributed by atoms with E-state index in [9.17, 15) is 9.18 Å². The SMILES string of the molecule is CC1=C(C(=O)NC(C)c2ccccc2)[C@H](c2ccc(F)cc2Cl)N=C(c2nccs2)N1. The fourth-order valence-electron chi connectivity index (χ4n) is 3.47. The molecule has 0 radical (unpaired) electrons. The monoisotopic (exact) mass is 454 g/mol. The summed E-state index contributed by atoms with van der Waals surface area (Å²) in [6.07, 6.45) is 1.69. The Kier molecular flexibility index (Phi) is 6.15. The molecule has 31 heavy (non-hydrogen) atoms. The topological polar surface area (TPSA) is 66.4 Å². The maximum atomic E-state index is 13.7. The minimum Gasteiger partial charge on any atom is -0.346 e. The van der Waals surface area contributed by atoms with Crippen molar-refractivity contribution in [3.63, 3.8) is 0 Å². The number of thiazole rings is 1. The number of benzene rings is 2. The van der Waals surface area contributed by atoms with E-state index in [0.29, 0.717) is 27.7 Å². The highest BCUT2D eigenvalue weighted by Gasteiger charge is 2.32. The fourth-order valence-corrected chi connectivity index (χ4v) is 4.33. The molecule has 0 fully saturated rings. The Hall–Kier alpha value is -3.03. The van der Waals surface area contributed by atoms with Crippen LogP contribution in [0.5, 0.6) is 0 Å². The van der Waals surface area contributed by atoms with Crippen LogP contribution in [0.4, 0.5) is 4.39 Å². The van der Waals surface area contributed by atoms with Gasteiger partial charge in [0.15, 0.2) is 10.8 Å². The Bertz CT molecular complexity index is 1160. The number of carbonyl (C=O) groups is 1. The molecular weight excluding hydrogens is 435 g/mol. The van der Waals surface area contributed by atoms with Gasteiger partial charge < -0.3 is 10.6 Å². The molecule has 1 amide bonds. The third-order valence-corrected chi connectivity index (χ3v) is 6.13. The molecule has 0 aliphatic carbocycles. The summed E-state index contributed by atoms with van der Waals surface area (Å²) < 4.78 is 13.7. The number of rotatable bonds is 5.